The minimum atomic E-state index is -0.494. The van der Waals surface area contributed by atoms with Crippen molar-refractivity contribution in [2.75, 3.05) is 26.7 Å². The summed E-state index contributed by atoms with van der Waals surface area (Å²) in [6, 6.07) is 4.13. The van der Waals surface area contributed by atoms with Gasteiger partial charge in [0.05, 0.1) is 5.02 Å². The van der Waals surface area contributed by atoms with Crippen LogP contribution in [0.15, 0.2) is 18.2 Å². The number of piperidine rings is 1. The number of carbonyl (C=O) groups is 1. The van der Waals surface area contributed by atoms with Crippen molar-refractivity contribution in [3.63, 3.8) is 0 Å². The number of hydrogen-bond acceptors (Lipinski definition) is 2. The highest BCUT2D eigenvalue weighted by molar-refractivity contribution is 6.31. The fraction of sp³-hybridized carbons (Fsp3) is 0.500. The van der Waals surface area contributed by atoms with Crippen LogP contribution in [0.2, 0.25) is 5.02 Å². The van der Waals surface area contributed by atoms with Crippen molar-refractivity contribution in [3.8, 4) is 0 Å². The molecule has 1 heterocycles. The van der Waals surface area contributed by atoms with Gasteiger partial charge in [-0.05, 0) is 50.6 Å². The van der Waals surface area contributed by atoms with Gasteiger partial charge in [0.1, 0.15) is 5.82 Å². The van der Waals surface area contributed by atoms with Gasteiger partial charge < -0.3 is 10.2 Å². The first-order valence-electron chi connectivity index (χ1n) is 6.50. The van der Waals surface area contributed by atoms with Gasteiger partial charge >= 0.3 is 0 Å². The van der Waals surface area contributed by atoms with Gasteiger partial charge in [0, 0.05) is 18.7 Å². The second-order valence-electron chi connectivity index (χ2n) is 4.92. The Labute approximate surface area is 129 Å². The Morgan fingerprint density at radius 2 is 2.10 bits per heavy atom. The number of nitrogens with one attached hydrogen (secondary N) is 1. The summed E-state index contributed by atoms with van der Waals surface area (Å²) < 4.78 is 13.1. The molecule has 2 rings (SSSR count). The summed E-state index contributed by atoms with van der Waals surface area (Å²) >= 11 is 5.71. The maximum Gasteiger partial charge on any atom is 0.253 e. The smallest absolute Gasteiger partial charge is 0.253 e. The van der Waals surface area contributed by atoms with Gasteiger partial charge in [-0.2, -0.15) is 0 Å². The summed E-state index contributed by atoms with van der Waals surface area (Å²) in [7, 11) is 1.94. The van der Waals surface area contributed by atoms with Crippen molar-refractivity contribution < 1.29 is 9.18 Å². The number of benzene rings is 1. The van der Waals surface area contributed by atoms with Crippen LogP contribution in [0.1, 0.15) is 23.2 Å². The van der Waals surface area contributed by atoms with E-state index in [2.05, 4.69) is 5.32 Å². The lowest BCUT2D eigenvalue weighted by molar-refractivity contribution is 0.0691. The van der Waals surface area contributed by atoms with E-state index < -0.39 is 5.82 Å². The van der Waals surface area contributed by atoms with E-state index in [1.165, 1.54) is 18.2 Å². The second kappa shape index (κ2) is 7.81. The first kappa shape index (κ1) is 17.2. The number of carbonyl (C=O) groups excluding carboxylic acids is 1. The Bertz CT molecular complexity index is 462. The maximum absolute atomic E-state index is 13.1. The lowest BCUT2D eigenvalue weighted by Gasteiger charge is -2.32. The van der Waals surface area contributed by atoms with Crippen molar-refractivity contribution >= 4 is 29.9 Å². The van der Waals surface area contributed by atoms with Crippen LogP contribution in [-0.4, -0.2) is 37.5 Å². The Hall–Kier alpha value is -0.840. The van der Waals surface area contributed by atoms with Gasteiger partial charge in [-0.15, -0.1) is 12.4 Å². The zero-order chi connectivity index (χ0) is 13.8. The topological polar surface area (TPSA) is 32.3 Å². The lowest BCUT2D eigenvalue weighted by Crippen LogP contribution is -2.40. The van der Waals surface area contributed by atoms with Crippen LogP contribution in [0, 0.1) is 11.7 Å². The third-order valence-electron chi connectivity index (χ3n) is 3.56. The molecule has 0 radical (unpaired) electrons. The predicted octanol–water partition coefficient (Wildman–Crippen LogP) is 2.97. The Morgan fingerprint density at radius 3 is 2.65 bits per heavy atom. The molecule has 0 spiro atoms. The molecule has 0 bridgehead atoms. The molecule has 1 aliphatic rings. The van der Waals surface area contributed by atoms with E-state index in [9.17, 15) is 9.18 Å². The molecule has 0 aromatic heterocycles. The van der Waals surface area contributed by atoms with E-state index in [1.807, 2.05) is 11.9 Å². The molecule has 112 valence electrons. The van der Waals surface area contributed by atoms with Gasteiger partial charge in [0.25, 0.3) is 5.91 Å². The summed E-state index contributed by atoms with van der Waals surface area (Å²) in [5, 5.41) is 3.16. The third kappa shape index (κ3) is 4.08. The van der Waals surface area contributed by atoms with E-state index in [0.29, 0.717) is 11.5 Å². The van der Waals surface area contributed by atoms with Crippen molar-refractivity contribution in [1.82, 2.24) is 10.2 Å². The van der Waals surface area contributed by atoms with Crippen LogP contribution in [0.3, 0.4) is 0 Å². The van der Waals surface area contributed by atoms with Crippen molar-refractivity contribution in [3.05, 3.63) is 34.6 Å². The Balaban J connectivity index is 0.00000200. The summed E-state index contributed by atoms with van der Waals surface area (Å²) in [5.74, 6) is 0.0709. The number of likely N-dealkylation sites (tertiary alicyclic amines) is 1. The highest BCUT2D eigenvalue weighted by Crippen LogP contribution is 2.21. The van der Waals surface area contributed by atoms with Crippen LogP contribution in [0.25, 0.3) is 0 Å². The molecular formula is C14H19Cl2FN2O. The molecule has 6 heteroatoms. The third-order valence-corrected chi connectivity index (χ3v) is 3.85. The minimum Gasteiger partial charge on any atom is -0.339 e. The minimum absolute atomic E-state index is 0. The normalized spacial score (nSPS) is 15.8. The van der Waals surface area contributed by atoms with Crippen molar-refractivity contribution in [1.29, 1.82) is 0 Å². The molecule has 0 saturated carbocycles. The largest absolute Gasteiger partial charge is 0.339 e. The van der Waals surface area contributed by atoms with Crippen LogP contribution < -0.4 is 5.32 Å². The van der Waals surface area contributed by atoms with Gasteiger partial charge in [-0.3, -0.25) is 4.79 Å². The van der Waals surface area contributed by atoms with Crippen LogP contribution in [-0.2, 0) is 0 Å². The average Bonchev–Trinajstić information content (AvgIpc) is 2.42. The summed E-state index contributed by atoms with van der Waals surface area (Å²) in [5.41, 5.74) is 0.457. The first-order chi connectivity index (χ1) is 9.11. The zero-order valence-corrected chi connectivity index (χ0v) is 12.9. The lowest BCUT2D eigenvalue weighted by atomic mass is 9.96. The monoisotopic (exact) mass is 320 g/mol. The maximum atomic E-state index is 13.1. The molecule has 0 atom stereocenters. The Morgan fingerprint density at radius 1 is 1.45 bits per heavy atom. The van der Waals surface area contributed by atoms with Gasteiger partial charge in [-0.25, -0.2) is 4.39 Å². The van der Waals surface area contributed by atoms with Crippen LogP contribution >= 0.6 is 24.0 Å². The van der Waals surface area contributed by atoms with E-state index >= 15 is 0 Å². The fourth-order valence-corrected chi connectivity index (χ4v) is 2.62. The molecular weight excluding hydrogens is 302 g/mol. The summed E-state index contributed by atoms with van der Waals surface area (Å²) in [4.78, 5) is 14.1. The van der Waals surface area contributed by atoms with Crippen LogP contribution in [0.4, 0.5) is 4.39 Å². The standard InChI is InChI=1S/C14H18ClFN2O.ClH/c1-17-9-10-4-6-18(7-5-10)14(19)11-2-3-13(16)12(15)8-11;/h2-3,8,10,17H,4-7,9H2,1H3;1H. The second-order valence-corrected chi connectivity index (χ2v) is 5.33. The predicted molar refractivity (Wildman–Crippen MR) is 81.2 cm³/mol. The molecule has 1 amide bonds. The number of nitrogens with zero attached hydrogens (tertiary/aromatic N) is 1. The van der Waals surface area contributed by atoms with Crippen molar-refractivity contribution in [2.45, 2.75) is 12.8 Å². The highest BCUT2D eigenvalue weighted by atomic mass is 35.5. The van der Waals surface area contributed by atoms with Crippen LogP contribution in [0.5, 0.6) is 0 Å². The molecule has 1 fully saturated rings. The molecule has 1 saturated heterocycles. The van der Waals surface area contributed by atoms with E-state index in [-0.39, 0.29) is 23.3 Å². The molecule has 3 nitrogen and oxygen atoms in total. The molecule has 1 aromatic rings. The SMILES string of the molecule is CNCC1CCN(C(=O)c2ccc(F)c(Cl)c2)CC1.Cl. The molecule has 1 aliphatic heterocycles. The first-order valence-corrected chi connectivity index (χ1v) is 6.88. The van der Waals surface area contributed by atoms with Gasteiger partial charge in [0.2, 0.25) is 0 Å². The highest BCUT2D eigenvalue weighted by Gasteiger charge is 2.23. The number of rotatable bonds is 3. The van der Waals surface area contributed by atoms with Gasteiger partial charge in [0.15, 0.2) is 0 Å². The van der Waals surface area contributed by atoms with E-state index in [1.54, 1.807) is 0 Å². The molecule has 1 N–H and O–H groups in total. The zero-order valence-electron chi connectivity index (χ0n) is 11.4. The number of amides is 1. The molecule has 1 aromatic carbocycles. The summed E-state index contributed by atoms with van der Waals surface area (Å²) in [6.45, 7) is 2.49. The molecule has 0 unspecified atom stereocenters. The Kier molecular flexibility index (Phi) is 6.72. The van der Waals surface area contributed by atoms with Crippen molar-refractivity contribution in [2.24, 2.45) is 5.92 Å². The number of halogens is 3. The van der Waals surface area contributed by atoms with Gasteiger partial charge in [-0.1, -0.05) is 11.6 Å². The molecule has 0 aliphatic carbocycles. The quantitative estimate of drug-likeness (QED) is 0.928. The summed E-state index contributed by atoms with van der Waals surface area (Å²) in [6.07, 6.45) is 2.00. The number of hydrogen-bond donors (Lipinski definition) is 1. The average molecular weight is 321 g/mol. The van der Waals surface area contributed by atoms with E-state index in [4.69, 9.17) is 11.6 Å². The molecule has 20 heavy (non-hydrogen) atoms. The van der Waals surface area contributed by atoms with E-state index in [0.717, 1.165) is 32.5 Å². The fourth-order valence-electron chi connectivity index (χ4n) is 2.44.